The predicted molar refractivity (Wildman–Crippen MR) is 98.4 cm³/mol. The summed E-state index contributed by atoms with van der Waals surface area (Å²) in [5.41, 5.74) is 5.68. The number of amides is 2. The summed E-state index contributed by atoms with van der Waals surface area (Å²) in [6.07, 6.45) is 0. The first-order valence-electron chi connectivity index (χ1n) is 7.93. The summed E-state index contributed by atoms with van der Waals surface area (Å²) in [5, 5.41) is 2.96. The van der Waals surface area contributed by atoms with E-state index >= 15 is 0 Å². The van der Waals surface area contributed by atoms with Crippen molar-refractivity contribution < 1.29 is 19.1 Å². The van der Waals surface area contributed by atoms with Gasteiger partial charge < -0.3 is 20.8 Å². The highest BCUT2D eigenvalue weighted by atomic mass is 16.5. The van der Waals surface area contributed by atoms with E-state index in [1.54, 1.807) is 36.4 Å². The second-order valence-electron chi connectivity index (χ2n) is 5.63. The topological polar surface area (TPSA) is 131 Å². The van der Waals surface area contributed by atoms with Gasteiger partial charge in [-0.15, -0.1) is 0 Å². The zero-order valence-corrected chi connectivity index (χ0v) is 14.0. The van der Waals surface area contributed by atoms with Crippen LogP contribution in [0.2, 0.25) is 0 Å². The Morgan fingerprint density at radius 3 is 2.48 bits per heavy atom. The summed E-state index contributed by atoms with van der Waals surface area (Å²) in [6, 6.07) is 14.1. The lowest BCUT2D eigenvalue weighted by molar-refractivity contribution is -0.119. The molecule has 0 saturated heterocycles. The van der Waals surface area contributed by atoms with E-state index in [2.05, 4.69) is 10.3 Å². The van der Waals surface area contributed by atoms with Gasteiger partial charge in [-0.05, 0) is 18.2 Å². The fourth-order valence-corrected chi connectivity index (χ4v) is 2.58. The maximum absolute atomic E-state index is 12.3. The molecule has 0 atom stereocenters. The maximum Gasteiger partial charge on any atom is 0.339 e. The second kappa shape index (κ2) is 7.52. The molecule has 4 N–H and O–H groups in total. The molecule has 2 amide bonds. The van der Waals surface area contributed by atoms with Crippen LogP contribution in [0.3, 0.4) is 0 Å². The van der Waals surface area contributed by atoms with E-state index in [9.17, 15) is 19.2 Å². The molecule has 0 unspecified atom stereocenters. The number of carbonyl (C=O) groups excluding carboxylic acids is 3. The average Bonchev–Trinajstić information content (AvgIpc) is 2.65. The third-order valence-electron chi connectivity index (χ3n) is 3.77. The van der Waals surface area contributed by atoms with E-state index in [0.29, 0.717) is 10.9 Å². The minimum atomic E-state index is -0.810. The van der Waals surface area contributed by atoms with Crippen LogP contribution in [0.4, 0.5) is 5.69 Å². The summed E-state index contributed by atoms with van der Waals surface area (Å²) in [6.45, 7) is -0.590. The molecule has 0 fully saturated rings. The molecule has 0 bridgehead atoms. The van der Waals surface area contributed by atoms with Crippen molar-refractivity contribution in [2.45, 2.75) is 0 Å². The molecule has 3 rings (SSSR count). The van der Waals surface area contributed by atoms with Crippen LogP contribution in [-0.2, 0) is 9.53 Å². The fourth-order valence-electron chi connectivity index (χ4n) is 2.58. The number of aromatic amines is 1. The van der Waals surface area contributed by atoms with Crippen molar-refractivity contribution in [3.8, 4) is 0 Å². The highest BCUT2D eigenvalue weighted by molar-refractivity contribution is 6.05. The van der Waals surface area contributed by atoms with Gasteiger partial charge in [0.25, 0.3) is 11.8 Å². The lowest BCUT2D eigenvalue weighted by atomic mass is 10.1. The monoisotopic (exact) mass is 365 g/mol. The first-order chi connectivity index (χ1) is 13.0. The molecule has 0 aliphatic rings. The Hall–Kier alpha value is -3.94. The van der Waals surface area contributed by atoms with Gasteiger partial charge in [-0.25, -0.2) is 4.79 Å². The van der Waals surface area contributed by atoms with E-state index in [-0.39, 0.29) is 16.8 Å². The molecule has 1 aromatic heterocycles. The molecule has 1 heterocycles. The molecule has 0 aliphatic heterocycles. The van der Waals surface area contributed by atoms with E-state index in [4.69, 9.17) is 10.5 Å². The van der Waals surface area contributed by atoms with Crippen LogP contribution in [0.5, 0.6) is 0 Å². The van der Waals surface area contributed by atoms with Gasteiger partial charge >= 0.3 is 5.97 Å². The Kier molecular flexibility index (Phi) is 4.98. The Bertz CT molecular complexity index is 1100. The SMILES string of the molecule is NC(=O)c1ccccc1NC(=O)COC(=O)c1cc(=O)[nH]c2ccccc12. The molecular formula is C19H15N3O5. The second-order valence-corrected chi connectivity index (χ2v) is 5.63. The number of fused-ring (bicyclic) bond motifs is 1. The van der Waals surface area contributed by atoms with Crippen LogP contribution in [-0.4, -0.2) is 29.4 Å². The van der Waals surface area contributed by atoms with Crippen molar-refractivity contribution in [3.05, 3.63) is 76.1 Å². The number of ether oxygens (including phenoxy) is 1. The minimum absolute atomic E-state index is 0.0553. The molecule has 27 heavy (non-hydrogen) atoms. The van der Waals surface area contributed by atoms with E-state index in [1.165, 1.54) is 12.1 Å². The molecule has 3 aromatic rings. The maximum atomic E-state index is 12.3. The number of anilines is 1. The highest BCUT2D eigenvalue weighted by Crippen LogP contribution is 2.16. The van der Waals surface area contributed by atoms with Crippen LogP contribution < -0.4 is 16.6 Å². The number of primary amides is 1. The van der Waals surface area contributed by atoms with Gasteiger partial charge in [-0.1, -0.05) is 30.3 Å². The van der Waals surface area contributed by atoms with Crippen molar-refractivity contribution in [2.24, 2.45) is 5.73 Å². The van der Waals surface area contributed by atoms with Gasteiger partial charge in [0, 0.05) is 17.0 Å². The summed E-state index contributed by atoms with van der Waals surface area (Å²) in [4.78, 5) is 50.0. The zero-order valence-electron chi connectivity index (χ0n) is 14.0. The Balaban J connectivity index is 1.72. The van der Waals surface area contributed by atoms with Crippen molar-refractivity contribution in [1.82, 2.24) is 4.98 Å². The number of carbonyl (C=O) groups is 3. The molecule has 8 heteroatoms. The fraction of sp³-hybridized carbons (Fsp3) is 0.0526. The summed E-state index contributed by atoms with van der Waals surface area (Å²) < 4.78 is 5.01. The Labute approximate surface area is 152 Å². The Morgan fingerprint density at radius 2 is 1.70 bits per heavy atom. The highest BCUT2D eigenvalue weighted by Gasteiger charge is 2.16. The van der Waals surface area contributed by atoms with E-state index < -0.39 is 29.9 Å². The van der Waals surface area contributed by atoms with Crippen LogP contribution >= 0.6 is 0 Å². The molecule has 8 nitrogen and oxygen atoms in total. The molecule has 136 valence electrons. The smallest absolute Gasteiger partial charge is 0.339 e. The zero-order chi connectivity index (χ0) is 19.4. The minimum Gasteiger partial charge on any atom is -0.452 e. The lowest BCUT2D eigenvalue weighted by Gasteiger charge is -2.10. The third-order valence-corrected chi connectivity index (χ3v) is 3.77. The molecule has 0 radical (unpaired) electrons. The number of H-pyrrole nitrogens is 1. The van der Waals surface area contributed by atoms with Crippen molar-refractivity contribution >= 4 is 34.4 Å². The quantitative estimate of drug-likeness (QED) is 0.589. The molecule has 0 spiro atoms. The summed E-state index contributed by atoms with van der Waals surface area (Å²) in [7, 11) is 0. The van der Waals surface area contributed by atoms with Gasteiger partial charge in [0.1, 0.15) is 0 Å². The number of pyridine rings is 1. The Morgan fingerprint density at radius 1 is 1.00 bits per heavy atom. The standard InChI is InChI=1S/C19H15N3O5/c20-18(25)12-6-2-4-8-15(12)22-17(24)10-27-19(26)13-9-16(23)21-14-7-3-1-5-11(13)14/h1-9H,10H2,(H2,20,25)(H,21,23)(H,22,24). The van der Waals surface area contributed by atoms with Crippen LogP contribution in [0.1, 0.15) is 20.7 Å². The van der Waals surface area contributed by atoms with Gasteiger partial charge in [0.2, 0.25) is 5.56 Å². The molecule has 0 aliphatic carbocycles. The lowest BCUT2D eigenvalue weighted by Crippen LogP contribution is -2.23. The van der Waals surface area contributed by atoms with Gasteiger partial charge in [0.05, 0.1) is 16.8 Å². The van der Waals surface area contributed by atoms with E-state index in [1.807, 2.05) is 0 Å². The number of nitrogens with two attached hydrogens (primary N) is 1. The molecular weight excluding hydrogens is 350 g/mol. The van der Waals surface area contributed by atoms with Gasteiger partial charge in [0.15, 0.2) is 6.61 Å². The normalized spacial score (nSPS) is 10.4. The third kappa shape index (κ3) is 4.01. The van der Waals surface area contributed by atoms with Gasteiger partial charge in [-0.2, -0.15) is 0 Å². The van der Waals surface area contributed by atoms with Gasteiger partial charge in [-0.3, -0.25) is 14.4 Å². The number of aromatic nitrogens is 1. The largest absolute Gasteiger partial charge is 0.452 e. The molecule has 0 saturated carbocycles. The number of hydrogen-bond donors (Lipinski definition) is 3. The van der Waals surface area contributed by atoms with E-state index in [0.717, 1.165) is 6.07 Å². The van der Waals surface area contributed by atoms with Crippen LogP contribution in [0.15, 0.2) is 59.4 Å². The molecule has 2 aromatic carbocycles. The number of nitrogens with one attached hydrogen (secondary N) is 2. The number of rotatable bonds is 5. The first kappa shape index (κ1) is 17.9. The summed E-state index contributed by atoms with van der Waals surface area (Å²) >= 11 is 0. The van der Waals surface area contributed by atoms with Crippen molar-refractivity contribution in [2.75, 3.05) is 11.9 Å². The van der Waals surface area contributed by atoms with Crippen LogP contribution in [0.25, 0.3) is 10.9 Å². The van der Waals surface area contributed by atoms with Crippen LogP contribution in [0, 0.1) is 0 Å². The van der Waals surface area contributed by atoms with Crippen molar-refractivity contribution in [3.63, 3.8) is 0 Å². The van der Waals surface area contributed by atoms with Crippen molar-refractivity contribution in [1.29, 1.82) is 0 Å². The summed E-state index contributed by atoms with van der Waals surface area (Å²) in [5.74, 6) is -2.15. The average molecular weight is 365 g/mol. The number of hydrogen-bond acceptors (Lipinski definition) is 5. The first-order valence-corrected chi connectivity index (χ1v) is 7.93. The number of para-hydroxylation sites is 2. The number of esters is 1. The number of benzene rings is 2. The predicted octanol–water partition coefficient (Wildman–Crippen LogP) is 1.42.